The van der Waals surface area contributed by atoms with E-state index in [4.69, 9.17) is 16.3 Å². The van der Waals surface area contributed by atoms with Crippen LogP contribution < -0.4 is 10.1 Å². The van der Waals surface area contributed by atoms with Crippen LogP contribution in [0.2, 0.25) is 5.02 Å². The molecule has 0 atom stereocenters. The number of nitrogens with zero attached hydrogens (tertiary/aromatic N) is 3. The number of ether oxygens (including phenoxy) is 1. The minimum absolute atomic E-state index is 0.0642. The lowest BCUT2D eigenvalue weighted by atomic mass is 10.2. The molecule has 0 unspecified atom stereocenters. The lowest BCUT2D eigenvalue weighted by molar-refractivity contribution is -0.384. The molecule has 1 amide bonds. The Morgan fingerprint density at radius 2 is 1.71 bits per heavy atom. The molecule has 0 spiro atoms. The van der Waals surface area contributed by atoms with Gasteiger partial charge in [-0.05, 0) is 12.1 Å². The van der Waals surface area contributed by atoms with Crippen LogP contribution in [-0.4, -0.2) is 20.6 Å². The number of nitrogens with one attached hydrogen (secondary N) is 1. The third-order valence-corrected chi connectivity index (χ3v) is 4.10. The highest BCUT2D eigenvalue weighted by molar-refractivity contribution is 6.32. The summed E-state index contributed by atoms with van der Waals surface area (Å²) in [5.74, 6) is -12.4. The zero-order chi connectivity index (χ0) is 22.9. The summed E-state index contributed by atoms with van der Waals surface area (Å²) in [6.07, 6.45) is 1.22. The van der Waals surface area contributed by atoms with E-state index in [1.807, 2.05) is 0 Å². The lowest BCUT2D eigenvalue weighted by Gasteiger charge is -2.09. The Bertz CT molecular complexity index is 1170. The molecule has 8 nitrogen and oxygen atoms in total. The summed E-state index contributed by atoms with van der Waals surface area (Å²) in [5, 5.41) is 15.9. The molecule has 2 aromatic carbocycles. The fraction of sp³-hybridized carbons (Fsp3) is 0.0588. The molecule has 14 heteroatoms. The molecule has 0 saturated heterocycles. The van der Waals surface area contributed by atoms with Crippen LogP contribution in [0.25, 0.3) is 0 Å². The SMILES string of the molecule is O=C(Nc1c(F)c(F)c(F)c(F)c1F)c1ccn(COc2ccc([N+](=O)[O-])cc2Cl)n1. The quantitative estimate of drug-likeness (QED) is 0.192. The highest BCUT2D eigenvalue weighted by Crippen LogP contribution is 2.29. The summed E-state index contributed by atoms with van der Waals surface area (Å²) in [6, 6.07) is 4.53. The monoisotopic (exact) mass is 462 g/mol. The minimum Gasteiger partial charge on any atom is -0.470 e. The number of rotatable bonds is 6. The van der Waals surface area contributed by atoms with Gasteiger partial charge < -0.3 is 10.1 Å². The van der Waals surface area contributed by atoms with Crippen LogP contribution in [0.1, 0.15) is 10.5 Å². The van der Waals surface area contributed by atoms with Gasteiger partial charge in [-0.15, -0.1) is 0 Å². The number of non-ortho nitro benzene ring substituents is 1. The van der Waals surface area contributed by atoms with Gasteiger partial charge >= 0.3 is 0 Å². The first-order chi connectivity index (χ1) is 14.6. The van der Waals surface area contributed by atoms with Gasteiger partial charge in [0.05, 0.1) is 9.95 Å². The molecule has 0 bridgehead atoms. The van der Waals surface area contributed by atoms with Gasteiger partial charge in [-0.1, -0.05) is 11.6 Å². The number of benzene rings is 2. The van der Waals surface area contributed by atoms with Crippen LogP contribution in [0.3, 0.4) is 0 Å². The van der Waals surface area contributed by atoms with Crippen LogP contribution >= 0.6 is 11.6 Å². The van der Waals surface area contributed by atoms with Crippen molar-refractivity contribution in [3.8, 4) is 5.75 Å². The van der Waals surface area contributed by atoms with E-state index in [-0.39, 0.29) is 23.2 Å². The maximum atomic E-state index is 13.7. The van der Waals surface area contributed by atoms with E-state index in [1.165, 1.54) is 12.3 Å². The number of carbonyl (C=O) groups is 1. The third-order valence-electron chi connectivity index (χ3n) is 3.80. The first kappa shape index (κ1) is 22.0. The van der Waals surface area contributed by atoms with E-state index >= 15 is 0 Å². The summed E-state index contributed by atoms with van der Waals surface area (Å²) >= 11 is 5.87. The number of hydrogen-bond donors (Lipinski definition) is 1. The second kappa shape index (κ2) is 8.55. The summed E-state index contributed by atoms with van der Waals surface area (Å²) in [6.45, 7) is -0.326. The number of nitro groups is 1. The minimum atomic E-state index is -2.36. The Hall–Kier alpha value is -3.74. The maximum Gasteiger partial charge on any atom is 0.276 e. The molecule has 0 saturated carbocycles. The van der Waals surface area contributed by atoms with Crippen molar-refractivity contribution in [3.05, 3.63) is 80.4 Å². The molecule has 0 aliphatic rings. The van der Waals surface area contributed by atoms with E-state index in [2.05, 4.69) is 5.10 Å². The molecular formula is C17H8ClF5N4O4. The van der Waals surface area contributed by atoms with E-state index in [9.17, 15) is 36.9 Å². The fourth-order valence-corrected chi connectivity index (χ4v) is 2.53. The van der Waals surface area contributed by atoms with Gasteiger partial charge in [0, 0.05) is 18.3 Å². The van der Waals surface area contributed by atoms with Gasteiger partial charge in [0.25, 0.3) is 11.6 Å². The van der Waals surface area contributed by atoms with Crippen LogP contribution in [0.5, 0.6) is 5.75 Å². The average Bonchev–Trinajstić information content (AvgIpc) is 3.22. The number of carbonyl (C=O) groups excluding carboxylic acids is 1. The second-order valence-electron chi connectivity index (χ2n) is 5.78. The Labute approximate surface area is 173 Å². The molecule has 1 aromatic heterocycles. The summed E-state index contributed by atoms with van der Waals surface area (Å²) in [7, 11) is 0. The smallest absolute Gasteiger partial charge is 0.276 e. The Morgan fingerprint density at radius 1 is 1.10 bits per heavy atom. The van der Waals surface area contributed by atoms with E-state index in [0.29, 0.717) is 0 Å². The lowest BCUT2D eigenvalue weighted by Crippen LogP contribution is -2.18. The predicted octanol–water partition coefficient (Wildman–Crippen LogP) is 4.43. The largest absolute Gasteiger partial charge is 0.470 e. The van der Waals surface area contributed by atoms with Gasteiger partial charge in [0.15, 0.2) is 35.7 Å². The molecular weight excluding hydrogens is 455 g/mol. The number of nitro benzene ring substituents is 1. The van der Waals surface area contributed by atoms with Gasteiger partial charge in [-0.3, -0.25) is 14.9 Å². The zero-order valence-corrected chi connectivity index (χ0v) is 15.6. The van der Waals surface area contributed by atoms with E-state index < -0.39 is 51.3 Å². The average molecular weight is 463 g/mol. The number of halogens is 6. The summed E-state index contributed by atoms with van der Waals surface area (Å²) < 4.78 is 73.2. The van der Waals surface area contributed by atoms with Crippen molar-refractivity contribution in [2.24, 2.45) is 0 Å². The van der Waals surface area contributed by atoms with E-state index in [1.54, 1.807) is 5.32 Å². The molecule has 1 heterocycles. The normalized spacial score (nSPS) is 10.8. The number of amides is 1. The highest BCUT2D eigenvalue weighted by atomic mass is 35.5. The molecule has 31 heavy (non-hydrogen) atoms. The first-order valence-corrected chi connectivity index (χ1v) is 8.41. The van der Waals surface area contributed by atoms with Crippen molar-refractivity contribution in [1.29, 1.82) is 0 Å². The predicted molar refractivity (Wildman–Crippen MR) is 95.1 cm³/mol. The first-order valence-electron chi connectivity index (χ1n) is 8.03. The van der Waals surface area contributed by atoms with Crippen molar-refractivity contribution in [2.75, 3.05) is 5.32 Å². The topological polar surface area (TPSA) is 99.3 Å². The summed E-state index contributed by atoms with van der Waals surface area (Å²) in [4.78, 5) is 22.1. The van der Waals surface area contributed by atoms with E-state index in [0.717, 1.165) is 22.9 Å². The molecule has 1 N–H and O–H groups in total. The Kier molecular flexibility index (Phi) is 6.06. The zero-order valence-electron chi connectivity index (χ0n) is 14.8. The van der Waals surface area contributed by atoms with Crippen molar-refractivity contribution in [1.82, 2.24) is 9.78 Å². The number of anilines is 1. The van der Waals surface area contributed by atoms with Crippen molar-refractivity contribution in [2.45, 2.75) is 6.73 Å². The van der Waals surface area contributed by atoms with Gasteiger partial charge in [-0.25, -0.2) is 26.6 Å². The van der Waals surface area contributed by atoms with Crippen LogP contribution in [0.15, 0.2) is 30.5 Å². The van der Waals surface area contributed by atoms with Crippen LogP contribution in [0, 0.1) is 39.2 Å². The fourth-order valence-electron chi connectivity index (χ4n) is 2.30. The standard InChI is InChI=1S/C17H8ClF5N4O4/c18-8-5-7(27(29)30)1-2-10(8)31-6-26-4-3-9(25-26)17(28)24-16-14(22)12(20)11(19)13(21)15(16)23/h1-5H,6H2,(H,24,28). The molecule has 3 rings (SSSR count). The second-order valence-corrected chi connectivity index (χ2v) is 6.19. The molecule has 0 radical (unpaired) electrons. The molecule has 0 aliphatic carbocycles. The number of aromatic nitrogens is 2. The number of hydrogen-bond acceptors (Lipinski definition) is 5. The maximum absolute atomic E-state index is 13.7. The summed E-state index contributed by atoms with van der Waals surface area (Å²) in [5.41, 5.74) is -2.21. The molecule has 3 aromatic rings. The van der Waals surface area contributed by atoms with Gasteiger partial charge in [-0.2, -0.15) is 5.10 Å². The van der Waals surface area contributed by atoms with Crippen LogP contribution in [-0.2, 0) is 6.73 Å². The van der Waals surface area contributed by atoms with Crippen molar-refractivity contribution >= 4 is 28.9 Å². The highest BCUT2D eigenvalue weighted by Gasteiger charge is 2.27. The van der Waals surface area contributed by atoms with Crippen molar-refractivity contribution < 1.29 is 36.4 Å². The van der Waals surface area contributed by atoms with Gasteiger partial charge in [0.1, 0.15) is 11.4 Å². The Morgan fingerprint density at radius 3 is 2.29 bits per heavy atom. The molecule has 0 aliphatic heterocycles. The van der Waals surface area contributed by atoms with Gasteiger partial charge in [0.2, 0.25) is 5.82 Å². The van der Waals surface area contributed by atoms with Crippen molar-refractivity contribution in [3.63, 3.8) is 0 Å². The Balaban J connectivity index is 1.72. The van der Waals surface area contributed by atoms with Crippen LogP contribution in [0.4, 0.5) is 33.3 Å². The third kappa shape index (κ3) is 4.40. The molecule has 0 fully saturated rings. The molecule has 162 valence electrons.